The fraction of sp³-hybridized carbons (Fsp3) is 0.316. The van der Waals surface area contributed by atoms with E-state index < -0.39 is 0 Å². The van der Waals surface area contributed by atoms with Crippen LogP contribution in [-0.2, 0) is 11.3 Å². The number of hydrogen-bond donors (Lipinski definition) is 2. The Labute approximate surface area is 132 Å². The average molecular weight is 296 g/mol. The molecule has 0 bridgehead atoms. The van der Waals surface area contributed by atoms with E-state index in [0.717, 1.165) is 11.3 Å². The predicted molar refractivity (Wildman–Crippen MR) is 92.0 cm³/mol. The van der Waals surface area contributed by atoms with Gasteiger partial charge in [-0.25, -0.2) is 0 Å². The topological polar surface area (TPSA) is 41.1 Å². The van der Waals surface area contributed by atoms with Gasteiger partial charge >= 0.3 is 0 Å². The minimum atomic E-state index is -0.00729. The summed E-state index contributed by atoms with van der Waals surface area (Å²) in [4.78, 5) is 12.2. The highest BCUT2D eigenvalue weighted by atomic mass is 16.1. The maximum Gasteiger partial charge on any atom is 0.238 e. The van der Waals surface area contributed by atoms with E-state index in [1.54, 1.807) is 0 Å². The summed E-state index contributed by atoms with van der Waals surface area (Å²) < 4.78 is 0. The van der Waals surface area contributed by atoms with E-state index >= 15 is 0 Å². The zero-order chi connectivity index (χ0) is 15.9. The third kappa shape index (κ3) is 4.43. The summed E-state index contributed by atoms with van der Waals surface area (Å²) >= 11 is 0. The van der Waals surface area contributed by atoms with Crippen molar-refractivity contribution in [2.45, 2.75) is 33.2 Å². The third-order valence-corrected chi connectivity index (χ3v) is 3.65. The molecule has 0 aliphatic carbocycles. The molecule has 2 N–H and O–H groups in total. The number of aryl methyl sites for hydroxylation is 1. The van der Waals surface area contributed by atoms with E-state index in [2.05, 4.69) is 30.5 Å². The molecule has 2 aromatic carbocycles. The van der Waals surface area contributed by atoms with E-state index in [-0.39, 0.29) is 5.91 Å². The van der Waals surface area contributed by atoms with Crippen molar-refractivity contribution in [3.63, 3.8) is 0 Å². The Morgan fingerprint density at radius 3 is 2.45 bits per heavy atom. The van der Waals surface area contributed by atoms with Gasteiger partial charge in [0.2, 0.25) is 5.91 Å². The summed E-state index contributed by atoms with van der Waals surface area (Å²) in [5, 5.41) is 6.22. The lowest BCUT2D eigenvalue weighted by Gasteiger charge is -2.16. The number of carbonyl (C=O) groups is 1. The largest absolute Gasteiger partial charge is 0.324 e. The summed E-state index contributed by atoms with van der Waals surface area (Å²) in [6.07, 6.45) is 0. The first kappa shape index (κ1) is 16.2. The fourth-order valence-corrected chi connectivity index (χ4v) is 2.44. The lowest BCUT2D eigenvalue weighted by molar-refractivity contribution is -0.115. The fourth-order valence-electron chi connectivity index (χ4n) is 2.44. The Hall–Kier alpha value is -2.13. The molecule has 0 atom stereocenters. The molecule has 0 saturated carbocycles. The number of amides is 1. The second-order valence-electron chi connectivity index (χ2n) is 5.83. The average Bonchev–Trinajstić information content (AvgIpc) is 2.50. The maximum atomic E-state index is 12.2. The van der Waals surface area contributed by atoms with Crippen molar-refractivity contribution in [1.29, 1.82) is 0 Å². The van der Waals surface area contributed by atoms with Crippen LogP contribution in [0.2, 0.25) is 0 Å². The first-order valence-electron chi connectivity index (χ1n) is 7.72. The van der Waals surface area contributed by atoms with Gasteiger partial charge in [0.1, 0.15) is 0 Å². The van der Waals surface area contributed by atoms with Gasteiger partial charge in [-0.05, 0) is 29.5 Å². The minimum absolute atomic E-state index is 0.00729. The zero-order valence-electron chi connectivity index (χ0n) is 13.5. The Morgan fingerprint density at radius 2 is 1.77 bits per heavy atom. The molecule has 22 heavy (non-hydrogen) atoms. The van der Waals surface area contributed by atoms with E-state index in [9.17, 15) is 4.79 Å². The lowest BCUT2D eigenvalue weighted by Crippen LogP contribution is -2.28. The third-order valence-electron chi connectivity index (χ3n) is 3.65. The van der Waals surface area contributed by atoms with Gasteiger partial charge in [-0.15, -0.1) is 0 Å². The van der Waals surface area contributed by atoms with Crippen LogP contribution < -0.4 is 10.6 Å². The Balaban J connectivity index is 1.92. The first-order valence-corrected chi connectivity index (χ1v) is 7.72. The van der Waals surface area contributed by atoms with Crippen molar-refractivity contribution in [2.75, 3.05) is 11.9 Å². The standard InChI is InChI=1S/C19H24N2O/c1-14(2)17-11-7-8-15(3)19(17)21-18(22)13-20-12-16-9-5-4-6-10-16/h4-11,14,20H,12-13H2,1-3H3,(H,21,22). The predicted octanol–water partition coefficient (Wildman–Crippen LogP) is 3.85. The van der Waals surface area contributed by atoms with Gasteiger partial charge in [0.05, 0.1) is 6.54 Å². The van der Waals surface area contributed by atoms with Crippen LogP contribution in [0.3, 0.4) is 0 Å². The van der Waals surface area contributed by atoms with Gasteiger partial charge in [-0.1, -0.05) is 62.4 Å². The number of carbonyl (C=O) groups excluding carboxylic acids is 1. The van der Waals surface area contributed by atoms with Gasteiger partial charge in [0.15, 0.2) is 0 Å². The molecule has 0 radical (unpaired) electrons. The highest BCUT2D eigenvalue weighted by molar-refractivity contribution is 5.93. The molecule has 116 valence electrons. The van der Waals surface area contributed by atoms with Gasteiger partial charge in [0.25, 0.3) is 0 Å². The van der Waals surface area contributed by atoms with Crippen LogP contribution >= 0.6 is 0 Å². The molecule has 2 aromatic rings. The number of para-hydroxylation sites is 1. The Bertz CT molecular complexity index is 621. The Morgan fingerprint density at radius 1 is 1.05 bits per heavy atom. The smallest absolute Gasteiger partial charge is 0.238 e. The Kier molecular flexibility index (Phi) is 5.73. The zero-order valence-corrected chi connectivity index (χ0v) is 13.5. The van der Waals surface area contributed by atoms with Crippen molar-refractivity contribution >= 4 is 11.6 Å². The second kappa shape index (κ2) is 7.76. The molecule has 0 fully saturated rings. The van der Waals surface area contributed by atoms with Crippen LogP contribution in [-0.4, -0.2) is 12.5 Å². The summed E-state index contributed by atoms with van der Waals surface area (Å²) in [6.45, 7) is 7.30. The monoisotopic (exact) mass is 296 g/mol. The van der Waals surface area contributed by atoms with E-state index in [1.165, 1.54) is 11.1 Å². The molecular weight excluding hydrogens is 272 g/mol. The molecule has 0 aliphatic rings. The molecule has 3 nitrogen and oxygen atoms in total. The SMILES string of the molecule is Cc1cccc(C(C)C)c1NC(=O)CNCc1ccccc1. The maximum absolute atomic E-state index is 12.2. The summed E-state index contributed by atoms with van der Waals surface area (Å²) in [6, 6.07) is 16.2. The lowest BCUT2D eigenvalue weighted by atomic mass is 9.98. The molecule has 0 aliphatic heterocycles. The number of anilines is 1. The van der Waals surface area contributed by atoms with Crippen LogP contribution in [0.4, 0.5) is 5.69 Å². The number of benzene rings is 2. The van der Waals surface area contributed by atoms with E-state index in [1.807, 2.05) is 49.4 Å². The van der Waals surface area contributed by atoms with Crippen LogP contribution in [0.1, 0.15) is 36.5 Å². The van der Waals surface area contributed by atoms with Crippen LogP contribution in [0.25, 0.3) is 0 Å². The molecule has 0 spiro atoms. The molecule has 0 unspecified atom stereocenters. The first-order chi connectivity index (χ1) is 10.6. The van der Waals surface area contributed by atoms with E-state index in [0.29, 0.717) is 19.0 Å². The van der Waals surface area contributed by atoms with Crippen molar-refractivity contribution in [3.8, 4) is 0 Å². The van der Waals surface area contributed by atoms with Crippen molar-refractivity contribution in [1.82, 2.24) is 5.32 Å². The number of nitrogens with one attached hydrogen (secondary N) is 2. The van der Waals surface area contributed by atoms with Gasteiger partial charge in [0, 0.05) is 12.2 Å². The highest BCUT2D eigenvalue weighted by Gasteiger charge is 2.11. The quantitative estimate of drug-likeness (QED) is 0.850. The summed E-state index contributed by atoms with van der Waals surface area (Å²) in [5.41, 5.74) is 4.40. The highest BCUT2D eigenvalue weighted by Crippen LogP contribution is 2.27. The molecular formula is C19H24N2O. The van der Waals surface area contributed by atoms with Crippen molar-refractivity contribution in [3.05, 3.63) is 65.2 Å². The van der Waals surface area contributed by atoms with Crippen LogP contribution in [0.5, 0.6) is 0 Å². The summed E-state index contributed by atoms with van der Waals surface area (Å²) in [5.74, 6) is 0.375. The molecule has 1 amide bonds. The number of rotatable bonds is 6. The van der Waals surface area contributed by atoms with Gasteiger partial charge in [-0.2, -0.15) is 0 Å². The van der Waals surface area contributed by atoms with E-state index in [4.69, 9.17) is 0 Å². The van der Waals surface area contributed by atoms with Gasteiger partial charge < -0.3 is 10.6 Å². The normalized spacial score (nSPS) is 10.7. The second-order valence-corrected chi connectivity index (χ2v) is 5.83. The molecule has 0 heterocycles. The molecule has 3 heteroatoms. The van der Waals surface area contributed by atoms with Gasteiger partial charge in [-0.3, -0.25) is 4.79 Å². The van der Waals surface area contributed by atoms with Crippen molar-refractivity contribution in [2.24, 2.45) is 0 Å². The molecule has 2 rings (SSSR count). The van der Waals surface area contributed by atoms with Crippen molar-refractivity contribution < 1.29 is 4.79 Å². The summed E-state index contributed by atoms with van der Waals surface area (Å²) in [7, 11) is 0. The van der Waals surface area contributed by atoms with Crippen LogP contribution in [0.15, 0.2) is 48.5 Å². The molecule has 0 aromatic heterocycles. The minimum Gasteiger partial charge on any atom is -0.324 e. The molecule has 0 saturated heterocycles. The number of hydrogen-bond acceptors (Lipinski definition) is 2. The van der Waals surface area contributed by atoms with Crippen LogP contribution in [0, 0.1) is 6.92 Å².